The lowest BCUT2D eigenvalue weighted by atomic mass is 10.2. The molecule has 2 heterocycles. The number of aromatic nitrogens is 4. The molecule has 0 aliphatic heterocycles. The summed E-state index contributed by atoms with van der Waals surface area (Å²) in [4.78, 5) is 49.8. The van der Waals surface area contributed by atoms with Gasteiger partial charge in [-0.05, 0) is 93.5 Å². The summed E-state index contributed by atoms with van der Waals surface area (Å²) in [5, 5.41) is 4.49. The van der Waals surface area contributed by atoms with Crippen LogP contribution in [-0.2, 0) is 14.2 Å². The number of benzene rings is 1. The minimum Gasteiger partial charge on any atom is -0.443 e. The molecule has 0 atom stereocenters. The number of carbonyl (C=O) groups excluding carboxylic acids is 3. The summed E-state index contributed by atoms with van der Waals surface area (Å²) >= 11 is 0. The van der Waals surface area contributed by atoms with Gasteiger partial charge in [0.15, 0.2) is 17.3 Å². The van der Waals surface area contributed by atoms with Gasteiger partial charge in [0, 0.05) is 11.3 Å². The Morgan fingerprint density at radius 3 is 1.74 bits per heavy atom. The number of fused-ring (bicyclic) bond motifs is 1. The molecule has 0 unspecified atom stereocenters. The summed E-state index contributed by atoms with van der Waals surface area (Å²) in [5.74, 6) is 0.0399. The van der Waals surface area contributed by atoms with Crippen LogP contribution in [-0.4, -0.2) is 54.8 Å². The summed E-state index contributed by atoms with van der Waals surface area (Å²) in [5.41, 5.74) is 4.60. The Labute approximate surface area is 227 Å². The van der Waals surface area contributed by atoms with Gasteiger partial charge in [-0.15, -0.1) is 9.78 Å². The van der Waals surface area contributed by atoms with Gasteiger partial charge in [-0.25, -0.2) is 24.4 Å². The third kappa shape index (κ3) is 7.21. The fourth-order valence-corrected chi connectivity index (χ4v) is 3.38. The van der Waals surface area contributed by atoms with Crippen LogP contribution in [0, 0.1) is 6.92 Å². The largest absolute Gasteiger partial charge is 0.443 e. The van der Waals surface area contributed by atoms with Crippen LogP contribution >= 0.6 is 0 Å². The Hall–Kier alpha value is -4.22. The number of imide groups is 1. The molecular weight excluding hydrogens is 504 g/mol. The molecule has 0 bridgehead atoms. The molecule has 0 saturated carbocycles. The van der Waals surface area contributed by atoms with Gasteiger partial charge in [0.2, 0.25) is 0 Å². The first-order valence-electron chi connectivity index (χ1n) is 12.4. The van der Waals surface area contributed by atoms with Crippen LogP contribution in [0.25, 0.3) is 22.4 Å². The number of nitrogen functional groups attached to an aromatic ring is 1. The average molecular weight is 541 g/mol. The molecule has 0 fully saturated rings. The van der Waals surface area contributed by atoms with E-state index in [4.69, 9.17) is 19.9 Å². The SMILES string of the molecule is Cc1nc(-c2ccc(N)cc2)nc2c1c(N(C(=O)OC(C)(C)C)C(=O)OC(C)(C)C)nn2C(=O)OC(C)(C)C. The van der Waals surface area contributed by atoms with E-state index in [-0.39, 0.29) is 22.7 Å². The number of hydrogen-bond donors (Lipinski definition) is 1. The lowest BCUT2D eigenvalue weighted by Gasteiger charge is -2.27. The Bertz CT molecular complexity index is 1380. The van der Waals surface area contributed by atoms with Crippen molar-refractivity contribution in [1.82, 2.24) is 19.7 Å². The van der Waals surface area contributed by atoms with Crippen molar-refractivity contribution in [2.45, 2.75) is 86.0 Å². The third-order valence-electron chi connectivity index (χ3n) is 4.79. The lowest BCUT2D eigenvalue weighted by Crippen LogP contribution is -2.44. The summed E-state index contributed by atoms with van der Waals surface area (Å²) in [7, 11) is 0. The van der Waals surface area contributed by atoms with Gasteiger partial charge >= 0.3 is 18.3 Å². The first-order chi connectivity index (χ1) is 17.8. The second-order valence-corrected chi connectivity index (χ2v) is 12.0. The molecule has 3 aromatic rings. The van der Waals surface area contributed by atoms with E-state index >= 15 is 0 Å². The van der Waals surface area contributed by atoms with E-state index in [1.165, 1.54) is 0 Å². The summed E-state index contributed by atoms with van der Waals surface area (Å²) in [6.07, 6.45) is -2.96. The van der Waals surface area contributed by atoms with Gasteiger partial charge in [0.1, 0.15) is 16.8 Å². The van der Waals surface area contributed by atoms with E-state index in [1.807, 2.05) is 0 Å². The van der Waals surface area contributed by atoms with Gasteiger partial charge in [-0.1, -0.05) is 0 Å². The maximum absolute atomic E-state index is 13.4. The second-order valence-electron chi connectivity index (χ2n) is 12.0. The fourth-order valence-electron chi connectivity index (χ4n) is 3.38. The van der Waals surface area contributed by atoms with Gasteiger partial charge in [-0.3, -0.25) is 0 Å². The number of anilines is 2. The Balaban J connectivity index is 2.33. The van der Waals surface area contributed by atoms with Crippen molar-refractivity contribution >= 4 is 40.8 Å². The number of amides is 2. The predicted molar refractivity (Wildman–Crippen MR) is 146 cm³/mol. The maximum atomic E-state index is 13.4. The van der Waals surface area contributed by atoms with E-state index in [1.54, 1.807) is 93.5 Å². The fraction of sp³-hybridized carbons (Fsp3) is 0.481. The molecule has 0 saturated heterocycles. The molecule has 2 aromatic heterocycles. The van der Waals surface area contributed by atoms with Crippen molar-refractivity contribution in [1.29, 1.82) is 0 Å². The average Bonchev–Trinajstić information content (AvgIpc) is 3.10. The number of aryl methyl sites for hydroxylation is 1. The van der Waals surface area contributed by atoms with Crippen molar-refractivity contribution in [2.75, 3.05) is 10.6 Å². The number of nitrogens with two attached hydrogens (primary N) is 1. The van der Waals surface area contributed by atoms with Gasteiger partial charge in [0.25, 0.3) is 0 Å². The normalized spacial score (nSPS) is 12.3. The number of rotatable bonds is 2. The van der Waals surface area contributed by atoms with E-state index < -0.39 is 35.1 Å². The Morgan fingerprint density at radius 1 is 0.795 bits per heavy atom. The van der Waals surface area contributed by atoms with E-state index in [9.17, 15) is 14.4 Å². The van der Waals surface area contributed by atoms with E-state index in [0.717, 1.165) is 4.68 Å². The molecule has 0 aliphatic carbocycles. The van der Waals surface area contributed by atoms with Gasteiger partial charge < -0.3 is 19.9 Å². The molecule has 0 aliphatic rings. The zero-order chi connectivity index (χ0) is 29.5. The minimum atomic E-state index is -1.05. The number of nitrogens with zero attached hydrogens (tertiary/aromatic N) is 5. The molecule has 0 radical (unpaired) electrons. The second kappa shape index (κ2) is 10.2. The van der Waals surface area contributed by atoms with Crippen LogP contribution in [0.4, 0.5) is 25.9 Å². The maximum Gasteiger partial charge on any atom is 0.437 e. The highest BCUT2D eigenvalue weighted by molar-refractivity contribution is 6.14. The first kappa shape index (κ1) is 29.3. The van der Waals surface area contributed by atoms with E-state index in [0.29, 0.717) is 21.8 Å². The van der Waals surface area contributed by atoms with Crippen LogP contribution < -0.4 is 10.6 Å². The molecule has 210 valence electrons. The van der Waals surface area contributed by atoms with Crippen molar-refractivity contribution < 1.29 is 28.6 Å². The number of carbonyl (C=O) groups is 3. The molecule has 1 aromatic carbocycles. The zero-order valence-corrected chi connectivity index (χ0v) is 24.1. The zero-order valence-electron chi connectivity index (χ0n) is 24.1. The topological polar surface area (TPSA) is 152 Å². The monoisotopic (exact) mass is 540 g/mol. The molecule has 2 N–H and O–H groups in total. The van der Waals surface area contributed by atoms with Crippen LogP contribution in [0.15, 0.2) is 24.3 Å². The minimum absolute atomic E-state index is 0.0238. The highest BCUT2D eigenvalue weighted by Crippen LogP contribution is 2.32. The highest BCUT2D eigenvalue weighted by Gasteiger charge is 2.38. The van der Waals surface area contributed by atoms with Crippen molar-refractivity contribution in [2.24, 2.45) is 0 Å². The molecule has 12 nitrogen and oxygen atoms in total. The Kier molecular flexibility index (Phi) is 7.64. The van der Waals surface area contributed by atoms with E-state index in [2.05, 4.69) is 15.1 Å². The van der Waals surface area contributed by atoms with Crippen LogP contribution in [0.2, 0.25) is 0 Å². The highest BCUT2D eigenvalue weighted by atomic mass is 16.6. The smallest absolute Gasteiger partial charge is 0.437 e. The van der Waals surface area contributed by atoms with Gasteiger partial charge in [-0.2, -0.15) is 4.90 Å². The van der Waals surface area contributed by atoms with Crippen molar-refractivity contribution in [3.63, 3.8) is 0 Å². The predicted octanol–water partition coefficient (Wildman–Crippen LogP) is 5.84. The standard InChI is InChI=1S/C27H36N6O6/c1-15-18-20(30-19(29-15)16-11-13-17(28)14-12-16)33(24(36)39-27(8,9)10)31-21(18)32(22(34)37-25(2,3)4)23(35)38-26(5,6)7/h11-14H,28H2,1-10H3. The first-order valence-corrected chi connectivity index (χ1v) is 12.4. The summed E-state index contributed by atoms with van der Waals surface area (Å²) in [6.45, 7) is 16.7. The summed E-state index contributed by atoms with van der Waals surface area (Å²) in [6, 6.07) is 6.86. The third-order valence-corrected chi connectivity index (χ3v) is 4.79. The molecule has 0 spiro atoms. The molecule has 39 heavy (non-hydrogen) atoms. The Morgan fingerprint density at radius 2 is 1.28 bits per heavy atom. The van der Waals surface area contributed by atoms with Gasteiger partial charge in [0.05, 0.1) is 11.1 Å². The van der Waals surface area contributed by atoms with Crippen LogP contribution in [0.5, 0.6) is 0 Å². The number of ether oxygens (including phenoxy) is 3. The quantitative estimate of drug-likeness (QED) is 0.310. The van der Waals surface area contributed by atoms with Crippen LogP contribution in [0.3, 0.4) is 0 Å². The van der Waals surface area contributed by atoms with Crippen LogP contribution in [0.1, 0.15) is 68.0 Å². The molecule has 2 amide bonds. The molecule has 3 rings (SSSR count). The lowest BCUT2D eigenvalue weighted by molar-refractivity contribution is 0.0420. The number of hydrogen-bond acceptors (Lipinski definition) is 10. The molecule has 12 heteroatoms. The summed E-state index contributed by atoms with van der Waals surface area (Å²) < 4.78 is 17.4. The van der Waals surface area contributed by atoms with Crippen molar-refractivity contribution in [3.8, 4) is 11.4 Å². The van der Waals surface area contributed by atoms with Crippen molar-refractivity contribution in [3.05, 3.63) is 30.0 Å². The molecular formula is C27H36N6O6.